The Morgan fingerprint density at radius 2 is 1.83 bits per heavy atom. The molecule has 0 aliphatic heterocycles. The number of aromatic nitrogens is 1. The quantitative estimate of drug-likeness (QED) is 0.425. The first kappa shape index (κ1) is 21.9. The van der Waals surface area contributed by atoms with Crippen LogP contribution in [0.25, 0.3) is 0 Å². The minimum absolute atomic E-state index is 0.0224. The summed E-state index contributed by atoms with van der Waals surface area (Å²) in [6.07, 6.45) is 2.75. The Morgan fingerprint density at radius 1 is 1.03 bits per heavy atom. The molecule has 5 nitrogen and oxygen atoms in total. The number of carbonyl (C=O) groups excluding carboxylic acids is 2. The second kappa shape index (κ2) is 10.8. The standard InChI is InChI=1S/C23H22ClN3O2S/c1-2-7-21(28)26-18-10-6-11-19(14-18)30-22(16-8-4-3-5-9-16)23(29)27-20-13-12-17(24)15-25-20/h3-6,8-15,22H,2,7H2,1H3,(H,26,28)(H,25,27,29). The van der Waals surface area contributed by atoms with Crippen LogP contribution in [0.5, 0.6) is 0 Å². The van der Waals surface area contributed by atoms with Crippen molar-refractivity contribution in [3.05, 3.63) is 83.5 Å². The number of nitrogens with zero attached hydrogens (tertiary/aromatic N) is 1. The van der Waals surface area contributed by atoms with Crippen molar-refractivity contribution >= 4 is 46.7 Å². The number of benzene rings is 2. The summed E-state index contributed by atoms with van der Waals surface area (Å²) in [5.41, 5.74) is 1.58. The van der Waals surface area contributed by atoms with Crippen LogP contribution in [0.3, 0.4) is 0 Å². The third kappa shape index (κ3) is 6.34. The van der Waals surface area contributed by atoms with Crippen LogP contribution in [0.4, 0.5) is 11.5 Å². The molecule has 3 rings (SSSR count). The van der Waals surface area contributed by atoms with Crippen LogP contribution < -0.4 is 10.6 Å². The number of thioether (sulfide) groups is 1. The van der Waals surface area contributed by atoms with Gasteiger partial charge in [0.15, 0.2) is 0 Å². The van der Waals surface area contributed by atoms with Crippen molar-refractivity contribution in [2.24, 2.45) is 0 Å². The van der Waals surface area contributed by atoms with Crippen LogP contribution in [0.1, 0.15) is 30.6 Å². The highest BCUT2D eigenvalue weighted by Gasteiger charge is 2.22. The van der Waals surface area contributed by atoms with Crippen molar-refractivity contribution in [2.45, 2.75) is 29.9 Å². The molecule has 0 radical (unpaired) electrons. The lowest BCUT2D eigenvalue weighted by molar-refractivity contribution is -0.116. The van der Waals surface area contributed by atoms with Crippen LogP contribution in [0.2, 0.25) is 5.02 Å². The Bertz CT molecular complexity index is 997. The number of hydrogen-bond acceptors (Lipinski definition) is 4. The number of anilines is 2. The average molecular weight is 440 g/mol. The summed E-state index contributed by atoms with van der Waals surface area (Å²) in [6, 6.07) is 20.4. The maximum absolute atomic E-state index is 13.1. The normalized spacial score (nSPS) is 11.5. The van der Waals surface area contributed by atoms with Gasteiger partial charge in [0.25, 0.3) is 0 Å². The van der Waals surface area contributed by atoms with Crippen molar-refractivity contribution < 1.29 is 9.59 Å². The number of halogens is 1. The van der Waals surface area contributed by atoms with E-state index in [1.807, 2.05) is 61.5 Å². The van der Waals surface area contributed by atoms with E-state index in [2.05, 4.69) is 15.6 Å². The van der Waals surface area contributed by atoms with Gasteiger partial charge in [-0.1, -0.05) is 54.9 Å². The molecule has 7 heteroatoms. The molecule has 30 heavy (non-hydrogen) atoms. The molecule has 0 aliphatic rings. The smallest absolute Gasteiger partial charge is 0.243 e. The molecule has 0 fully saturated rings. The van der Waals surface area contributed by atoms with Gasteiger partial charge in [-0.3, -0.25) is 9.59 Å². The first-order chi connectivity index (χ1) is 14.5. The van der Waals surface area contributed by atoms with Crippen molar-refractivity contribution in [3.8, 4) is 0 Å². The van der Waals surface area contributed by atoms with Crippen LogP contribution in [-0.4, -0.2) is 16.8 Å². The fourth-order valence-corrected chi connectivity index (χ4v) is 3.97. The lowest BCUT2D eigenvalue weighted by Crippen LogP contribution is -2.19. The first-order valence-electron chi connectivity index (χ1n) is 9.59. The molecule has 3 aromatic rings. The van der Waals surface area contributed by atoms with Gasteiger partial charge in [-0.15, -0.1) is 11.8 Å². The molecule has 2 N–H and O–H groups in total. The van der Waals surface area contributed by atoms with E-state index < -0.39 is 5.25 Å². The highest BCUT2D eigenvalue weighted by Crippen LogP contribution is 2.37. The molecule has 1 heterocycles. The predicted octanol–water partition coefficient (Wildman–Crippen LogP) is 5.95. The highest BCUT2D eigenvalue weighted by atomic mass is 35.5. The average Bonchev–Trinajstić information content (AvgIpc) is 2.74. The van der Waals surface area contributed by atoms with E-state index in [1.54, 1.807) is 12.1 Å². The molecular weight excluding hydrogens is 418 g/mol. The number of pyridine rings is 1. The summed E-state index contributed by atoms with van der Waals surface area (Å²) in [7, 11) is 0. The number of hydrogen-bond donors (Lipinski definition) is 2. The molecule has 154 valence electrons. The third-order valence-corrected chi connectivity index (χ3v) is 5.64. The molecule has 2 aromatic carbocycles. The van der Waals surface area contributed by atoms with E-state index in [9.17, 15) is 9.59 Å². The predicted molar refractivity (Wildman–Crippen MR) is 123 cm³/mol. The van der Waals surface area contributed by atoms with E-state index in [0.29, 0.717) is 22.9 Å². The fraction of sp³-hybridized carbons (Fsp3) is 0.174. The van der Waals surface area contributed by atoms with Crippen LogP contribution >= 0.6 is 23.4 Å². The summed E-state index contributed by atoms with van der Waals surface area (Å²) in [6.45, 7) is 1.96. The Balaban J connectivity index is 1.80. The minimum atomic E-state index is -0.495. The molecule has 2 amide bonds. The zero-order valence-corrected chi connectivity index (χ0v) is 18.0. The van der Waals surface area contributed by atoms with Gasteiger partial charge >= 0.3 is 0 Å². The summed E-state index contributed by atoms with van der Waals surface area (Å²) < 4.78 is 0. The van der Waals surface area contributed by atoms with Gasteiger partial charge in [0, 0.05) is 23.2 Å². The van der Waals surface area contributed by atoms with Crippen LogP contribution in [0.15, 0.2) is 77.8 Å². The fourth-order valence-electron chi connectivity index (χ4n) is 2.78. The minimum Gasteiger partial charge on any atom is -0.326 e. The zero-order valence-electron chi connectivity index (χ0n) is 16.5. The topological polar surface area (TPSA) is 71.1 Å². The Hall–Kier alpha value is -2.83. The number of rotatable bonds is 8. The number of nitrogens with one attached hydrogen (secondary N) is 2. The Kier molecular flexibility index (Phi) is 7.88. The molecule has 1 atom stereocenters. The van der Waals surface area contributed by atoms with Gasteiger partial charge in [-0.2, -0.15) is 0 Å². The first-order valence-corrected chi connectivity index (χ1v) is 10.8. The van der Waals surface area contributed by atoms with Crippen LogP contribution in [0, 0.1) is 0 Å². The van der Waals surface area contributed by atoms with E-state index in [0.717, 1.165) is 16.9 Å². The SMILES string of the molecule is CCCC(=O)Nc1cccc(SC(C(=O)Nc2ccc(Cl)cn2)c2ccccc2)c1. The molecule has 0 bridgehead atoms. The maximum atomic E-state index is 13.1. The molecule has 0 saturated carbocycles. The molecule has 0 spiro atoms. The monoisotopic (exact) mass is 439 g/mol. The molecule has 1 aromatic heterocycles. The molecular formula is C23H22ClN3O2S. The van der Waals surface area contributed by atoms with E-state index in [4.69, 9.17) is 11.6 Å². The van der Waals surface area contributed by atoms with Crippen molar-refractivity contribution in [1.29, 1.82) is 0 Å². The zero-order chi connectivity index (χ0) is 21.3. The van der Waals surface area contributed by atoms with Gasteiger partial charge in [0.1, 0.15) is 11.1 Å². The highest BCUT2D eigenvalue weighted by molar-refractivity contribution is 8.00. The van der Waals surface area contributed by atoms with E-state index in [1.165, 1.54) is 18.0 Å². The molecule has 0 saturated heterocycles. The summed E-state index contributed by atoms with van der Waals surface area (Å²) in [4.78, 5) is 30.0. The third-order valence-electron chi connectivity index (χ3n) is 4.17. The van der Waals surface area contributed by atoms with Gasteiger partial charge in [-0.25, -0.2) is 4.98 Å². The summed E-state index contributed by atoms with van der Waals surface area (Å²) in [5, 5.41) is 5.76. The Morgan fingerprint density at radius 3 is 2.53 bits per heavy atom. The van der Waals surface area contributed by atoms with Gasteiger partial charge in [-0.05, 0) is 42.3 Å². The molecule has 0 aliphatic carbocycles. The summed E-state index contributed by atoms with van der Waals surface area (Å²) >= 11 is 7.28. The van der Waals surface area contributed by atoms with Gasteiger partial charge in [0.2, 0.25) is 11.8 Å². The van der Waals surface area contributed by atoms with E-state index in [-0.39, 0.29) is 11.8 Å². The number of amides is 2. The van der Waals surface area contributed by atoms with Crippen molar-refractivity contribution in [2.75, 3.05) is 10.6 Å². The largest absolute Gasteiger partial charge is 0.326 e. The lowest BCUT2D eigenvalue weighted by Gasteiger charge is -2.17. The second-order valence-electron chi connectivity index (χ2n) is 6.59. The Labute approximate surface area is 185 Å². The number of carbonyl (C=O) groups is 2. The van der Waals surface area contributed by atoms with Crippen molar-refractivity contribution in [3.63, 3.8) is 0 Å². The second-order valence-corrected chi connectivity index (χ2v) is 8.20. The van der Waals surface area contributed by atoms with Gasteiger partial charge in [0.05, 0.1) is 5.02 Å². The lowest BCUT2D eigenvalue weighted by atomic mass is 10.1. The van der Waals surface area contributed by atoms with Crippen molar-refractivity contribution in [1.82, 2.24) is 4.98 Å². The van der Waals surface area contributed by atoms with Gasteiger partial charge < -0.3 is 10.6 Å². The van der Waals surface area contributed by atoms with E-state index >= 15 is 0 Å². The maximum Gasteiger partial charge on any atom is 0.243 e. The molecule has 1 unspecified atom stereocenters. The van der Waals surface area contributed by atoms with Crippen LogP contribution in [-0.2, 0) is 9.59 Å². The summed E-state index contributed by atoms with van der Waals surface area (Å²) in [5.74, 6) is 0.221.